The molecule has 0 bridgehead atoms. The molecule has 21 heavy (non-hydrogen) atoms. The van der Waals surface area contributed by atoms with E-state index in [0.29, 0.717) is 25.1 Å². The topological polar surface area (TPSA) is 102 Å². The highest BCUT2D eigenvalue weighted by molar-refractivity contribution is 7.89. The Labute approximate surface area is 125 Å². The highest BCUT2D eigenvalue weighted by Gasteiger charge is 2.23. The summed E-state index contributed by atoms with van der Waals surface area (Å²) in [5.41, 5.74) is 6.18. The molecule has 0 aliphatic carbocycles. The Balaban J connectivity index is 1.92. The van der Waals surface area contributed by atoms with Gasteiger partial charge in [0.05, 0.1) is 17.9 Å². The summed E-state index contributed by atoms with van der Waals surface area (Å²) in [4.78, 5) is 0. The number of benzene rings is 1. The molecule has 7 heteroatoms. The third-order valence-corrected chi connectivity index (χ3v) is 4.96. The van der Waals surface area contributed by atoms with E-state index in [4.69, 9.17) is 10.5 Å². The van der Waals surface area contributed by atoms with E-state index in [-0.39, 0.29) is 18.4 Å². The fourth-order valence-electron chi connectivity index (χ4n) is 2.34. The fourth-order valence-corrected chi connectivity index (χ4v) is 3.70. The number of nitrogens with one attached hydrogen (secondary N) is 1. The van der Waals surface area contributed by atoms with Crippen LogP contribution in [0.5, 0.6) is 5.75 Å². The molecule has 0 spiro atoms. The minimum absolute atomic E-state index is 0.185. The zero-order valence-electron chi connectivity index (χ0n) is 11.9. The van der Waals surface area contributed by atoms with Crippen LogP contribution in [0.15, 0.2) is 24.3 Å². The molecule has 1 aromatic rings. The lowest BCUT2D eigenvalue weighted by molar-refractivity contribution is 0.169. The van der Waals surface area contributed by atoms with E-state index in [9.17, 15) is 13.5 Å². The number of hydrogen-bond donors (Lipinski definition) is 3. The molecule has 4 N–H and O–H groups in total. The molecule has 2 atom stereocenters. The predicted octanol–water partition coefficient (Wildman–Crippen LogP) is 0.529. The normalized spacial score (nSPS) is 22.7. The van der Waals surface area contributed by atoms with E-state index in [1.54, 1.807) is 18.2 Å². The first kappa shape index (κ1) is 16.2. The molecular formula is C14H22N2O4S. The van der Waals surface area contributed by atoms with Gasteiger partial charge in [-0.05, 0) is 43.5 Å². The largest absolute Gasteiger partial charge is 0.492 e. The van der Waals surface area contributed by atoms with Crippen molar-refractivity contribution in [3.63, 3.8) is 0 Å². The molecule has 0 aromatic heterocycles. The van der Waals surface area contributed by atoms with Crippen LogP contribution in [0.1, 0.15) is 30.9 Å². The Morgan fingerprint density at radius 2 is 2.29 bits per heavy atom. The van der Waals surface area contributed by atoms with Gasteiger partial charge in [0.1, 0.15) is 12.4 Å². The van der Waals surface area contributed by atoms with E-state index >= 15 is 0 Å². The Morgan fingerprint density at radius 3 is 3.00 bits per heavy atom. The van der Waals surface area contributed by atoms with Crippen molar-refractivity contribution in [3.05, 3.63) is 29.8 Å². The third-order valence-electron chi connectivity index (χ3n) is 3.45. The van der Waals surface area contributed by atoms with Gasteiger partial charge in [-0.25, -0.2) is 13.1 Å². The zero-order chi connectivity index (χ0) is 15.3. The van der Waals surface area contributed by atoms with Gasteiger partial charge in [-0.3, -0.25) is 0 Å². The van der Waals surface area contributed by atoms with Gasteiger partial charge in [0.2, 0.25) is 10.0 Å². The quantitative estimate of drug-likeness (QED) is 0.711. The van der Waals surface area contributed by atoms with Crippen LogP contribution < -0.4 is 15.2 Å². The average Bonchev–Trinajstić information content (AvgIpc) is 2.45. The lowest BCUT2D eigenvalue weighted by atomic mass is 10.1. The summed E-state index contributed by atoms with van der Waals surface area (Å²) >= 11 is 0. The molecule has 0 amide bonds. The van der Waals surface area contributed by atoms with Crippen molar-refractivity contribution in [2.45, 2.75) is 31.4 Å². The number of ether oxygens (including phenoxy) is 1. The summed E-state index contributed by atoms with van der Waals surface area (Å²) in [7, 11) is -3.15. The van der Waals surface area contributed by atoms with Crippen molar-refractivity contribution in [2.24, 2.45) is 5.73 Å². The zero-order valence-corrected chi connectivity index (χ0v) is 12.7. The fraction of sp³-hybridized carbons (Fsp3) is 0.571. The molecule has 0 radical (unpaired) electrons. The minimum Gasteiger partial charge on any atom is -0.492 e. The smallest absolute Gasteiger partial charge is 0.211 e. The van der Waals surface area contributed by atoms with Crippen molar-refractivity contribution >= 4 is 10.0 Å². The molecule has 1 unspecified atom stereocenters. The molecule has 118 valence electrons. The standard InChI is InChI=1S/C14H22N2O4S/c15-7-6-14(17)11-3-1-5-13(9-11)20-10-12-4-2-8-21(18,19)16-12/h1,3,5,9,12,14,16-17H,2,4,6-8,10,15H2/t12?,14-/m1/s1. The lowest BCUT2D eigenvalue weighted by Crippen LogP contribution is -2.44. The molecule has 0 saturated carbocycles. The molecule has 1 aromatic carbocycles. The van der Waals surface area contributed by atoms with Crippen LogP contribution in [0.4, 0.5) is 0 Å². The van der Waals surface area contributed by atoms with Gasteiger partial charge in [-0.15, -0.1) is 0 Å². The van der Waals surface area contributed by atoms with Crippen molar-refractivity contribution in [3.8, 4) is 5.75 Å². The second-order valence-corrected chi connectivity index (χ2v) is 7.13. The van der Waals surface area contributed by atoms with Crippen molar-refractivity contribution in [1.29, 1.82) is 0 Å². The van der Waals surface area contributed by atoms with Gasteiger partial charge in [-0.2, -0.15) is 0 Å². The van der Waals surface area contributed by atoms with Crippen LogP contribution in [-0.2, 0) is 10.0 Å². The van der Waals surface area contributed by atoms with E-state index in [0.717, 1.165) is 12.0 Å². The van der Waals surface area contributed by atoms with Crippen LogP contribution in [0.2, 0.25) is 0 Å². The molecule has 6 nitrogen and oxygen atoms in total. The Kier molecular flexibility index (Phi) is 5.58. The highest BCUT2D eigenvalue weighted by Crippen LogP contribution is 2.21. The number of rotatable bonds is 6. The first-order valence-corrected chi connectivity index (χ1v) is 8.76. The van der Waals surface area contributed by atoms with Gasteiger partial charge >= 0.3 is 0 Å². The van der Waals surface area contributed by atoms with Gasteiger partial charge in [0.25, 0.3) is 0 Å². The van der Waals surface area contributed by atoms with Gasteiger partial charge < -0.3 is 15.6 Å². The van der Waals surface area contributed by atoms with Gasteiger partial charge in [0.15, 0.2) is 0 Å². The molecule has 1 aliphatic heterocycles. The van der Waals surface area contributed by atoms with E-state index in [1.807, 2.05) is 6.07 Å². The van der Waals surface area contributed by atoms with Crippen molar-refractivity contribution in [2.75, 3.05) is 18.9 Å². The average molecular weight is 314 g/mol. The number of aliphatic hydroxyl groups excluding tert-OH is 1. The highest BCUT2D eigenvalue weighted by atomic mass is 32.2. The number of aliphatic hydroxyl groups is 1. The van der Waals surface area contributed by atoms with Crippen molar-refractivity contribution in [1.82, 2.24) is 4.72 Å². The predicted molar refractivity (Wildman–Crippen MR) is 80.5 cm³/mol. The van der Waals surface area contributed by atoms with Crippen LogP contribution in [-0.4, -0.2) is 38.5 Å². The maximum atomic E-state index is 11.5. The first-order valence-electron chi connectivity index (χ1n) is 7.11. The molecular weight excluding hydrogens is 292 g/mol. The number of hydrogen-bond acceptors (Lipinski definition) is 5. The summed E-state index contributed by atoms with van der Waals surface area (Å²) in [5, 5.41) is 9.90. The Morgan fingerprint density at radius 1 is 1.48 bits per heavy atom. The van der Waals surface area contributed by atoms with Crippen LogP contribution in [0.25, 0.3) is 0 Å². The maximum Gasteiger partial charge on any atom is 0.211 e. The second-order valence-electron chi connectivity index (χ2n) is 5.25. The Bertz CT molecular complexity index is 562. The van der Waals surface area contributed by atoms with Gasteiger partial charge in [0, 0.05) is 0 Å². The van der Waals surface area contributed by atoms with E-state index in [2.05, 4.69) is 4.72 Å². The third kappa shape index (κ3) is 4.96. The van der Waals surface area contributed by atoms with Crippen molar-refractivity contribution < 1.29 is 18.3 Å². The maximum absolute atomic E-state index is 11.5. The number of sulfonamides is 1. The Hall–Kier alpha value is -1.15. The van der Waals surface area contributed by atoms with Crippen LogP contribution >= 0.6 is 0 Å². The molecule has 2 rings (SSSR count). The van der Waals surface area contributed by atoms with E-state index in [1.165, 1.54) is 0 Å². The van der Waals surface area contributed by atoms with Crippen LogP contribution in [0, 0.1) is 0 Å². The monoisotopic (exact) mass is 314 g/mol. The van der Waals surface area contributed by atoms with E-state index < -0.39 is 16.1 Å². The minimum atomic E-state index is -3.15. The summed E-state index contributed by atoms with van der Waals surface area (Å²) in [6, 6.07) is 6.97. The second kappa shape index (κ2) is 7.22. The van der Waals surface area contributed by atoms with Crippen LogP contribution in [0.3, 0.4) is 0 Å². The molecule has 1 aliphatic rings. The molecule has 1 fully saturated rings. The first-order chi connectivity index (χ1) is 10.00. The van der Waals surface area contributed by atoms with Gasteiger partial charge in [-0.1, -0.05) is 12.1 Å². The molecule has 1 saturated heterocycles. The summed E-state index contributed by atoms with van der Waals surface area (Å²) in [6.45, 7) is 0.700. The number of nitrogens with two attached hydrogens (primary N) is 1. The lowest BCUT2D eigenvalue weighted by Gasteiger charge is -2.23. The SMILES string of the molecule is NCC[C@@H](O)c1cccc(OCC2CCCS(=O)(=O)N2)c1. The summed E-state index contributed by atoms with van der Waals surface area (Å²) in [5.74, 6) is 0.804. The molecule has 1 heterocycles. The summed E-state index contributed by atoms with van der Waals surface area (Å²) in [6.07, 6.45) is 1.31. The summed E-state index contributed by atoms with van der Waals surface area (Å²) < 4.78 is 31.2.